The highest BCUT2D eigenvalue weighted by Gasteiger charge is 2.34. The Labute approximate surface area is 258 Å². The van der Waals surface area contributed by atoms with E-state index in [0.717, 1.165) is 33.8 Å². The number of unbranched alkanes of at least 4 members (excludes halogenated alkanes) is 1. The molecule has 0 aliphatic carbocycles. The van der Waals surface area contributed by atoms with Crippen molar-refractivity contribution >= 4 is 43.5 Å². The van der Waals surface area contributed by atoms with Crippen LogP contribution < -0.4 is 14.4 Å². The monoisotopic (exact) mass is 657 g/mol. The zero-order valence-corrected chi connectivity index (χ0v) is 27.3. The summed E-state index contributed by atoms with van der Waals surface area (Å²) in [6.07, 6.45) is 2.12. The molecule has 8 nitrogen and oxygen atoms in total. The van der Waals surface area contributed by atoms with Gasteiger partial charge in [0, 0.05) is 13.1 Å². The Morgan fingerprint density at radius 1 is 1.00 bits per heavy atom. The summed E-state index contributed by atoms with van der Waals surface area (Å²) < 4.78 is 35.1. The minimum Gasteiger partial charge on any atom is -0.496 e. The molecule has 1 N–H and O–H groups in total. The summed E-state index contributed by atoms with van der Waals surface area (Å²) in [4.78, 5) is 29.0. The van der Waals surface area contributed by atoms with Crippen molar-refractivity contribution in [3.63, 3.8) is 0 Å². The van der Waals surface area contributed by atoms with E-state index >= 15 is 0 Å². The molecule has 0 spiro atoms. The molecule has 226 valence electrons. The zero-order valence-electron chi connectivity index (χ0n) is 24.9. The summed E-state index contributed by atoms with van der Waals surface area (Å²) in [5.74, 6) is -0.250. The zero-order chi connectivity index (χ0) is 30.9. The van der Waals surface area contributed by atoms with E-state index in [9.17, 15) is 18.0 Å². The largest absolute Gasteiger partial charge is 0.496 e. The van der Waals surface area contributed by atoms with Gasteiger partial charge >= 0.3 is 0 Å². The van der Waals surface area contributed by atoms with Crippen molar-refractivity contribution in [3.8, 4) is 5.75 Å². The van der Waals surface area contributed by atoms with Crippen LogP contribution in [0.1, 0.15) is 49.8 Å². The van der Waals surface area contributed by atoms with Gasteiger partial charge in [0.25, 0.3) is 10.0 Å². The number of anilines is 1. The minimum atomic E-state index is -4.19. The molecule has 1 atom stereocenters. The highest BCUT2D eigenvalue weighted by Crippen LogP contribution is 2.31. The number of hydrogen-bond acceptors (Lipinski definition) is 5. The van der Waals surface area contributed by atoms with Gasteiger partial charge in [-0.1, -0.05) is 62.2 Å². The van der Waals surface area contributed by atoms with Crippen molar-refractivity contribution in [2.24, 2.45) is 0 Å². The molecule has 0 saturated heterocycles. The number of halogens is 1. The van der Waals surface area contributed by atoms with Crippen LogP contribution in [-0.2, 0) is 26.2 Å². The number of rotatable bonds is 14. The molecule has 0 saturated carbocycles. The Morgan fingerprint density at radius 2 is 1.69 bits per heavy atom. The summed E-state index contributed by atoms with van der Waals surface area (Å²) >= 11 is 3.38. The second kappa shape index (κ2) is 15.2. The maximum atomic E-state index is 14.2. The van der Waals surface area contributed by atoms with Crippen molar-refractivity contribution in [1.29, 1.82) is 0 Å². The summed E-state index contributed by atoms with van der Waals surface area (Å²) in [6.45, 7) is 7.94. The van der Waals surface area contributed by atoms with Gasteiger partial charge in [0.2, 0.25) is 11.8 Å². The van der Waals surface area contributed by atoms with Gasteiger partial charge < -0.3 is 15.0 Å². The molecule has 42 heavy (non-hydrogen) atoms. The molecule has 3 rings (SSSR count). The van der Waals surface area contributed by atoms with Crippen LogP contribution in [-0.4, -0.2) is 51.4 Å². The fourth-order valence-electron chi connectivity index (χ4n) is 4.57. The number of hydrogen-bond donors (Lipinski definition) is 1. The van der Waals surface area contributed by atoms with Crippen LogP contribution in [0.4, 0.5) is 5.69 Å². The summed E-state index contributed by atoms with van der Waals surface area (Å²) in [6, 6.07) is 18.3. The number of methoxy groups -OCH3 is 1. The van der Waals surface area contributed by atoms with E-state index in [1.54, 1.807) is 30.3 Å². The molecular weight excluding hydrogens is 618 g/mol. The molecule has 0 radical (unpaired) electrons. The van der Waals surface area contributed by atoms with Gasteiger partial charge in [0.15, 0.2) is 0 Å². The molecule has 0 aliphatic rings. The molecule has 0 bridgehead atoms. The lowest BCUT2D eigenvalue weighted by atomic mass is 10.1. The Hall–Kier alpha value is -3.37. The fraction of sp³-hybridized carbons (Fsp3) is 0.375. The maximum Gasteiger partial charge on any atom is 0.264 e. The Balaban J connectivity index is 2.07. The second-order valence-corrected chi connectivity index (χ2v) is 12.9. The molecule has 3 aromatic rings. The van der Waals surface area contributed by atoms with Crippen LogP contribution in [0, 0.1) is 13.8 Å². The van der Waals surface area contributed by atoms with Gasteiger partial charge in [0.1, 0.15) is 18.3 Å². The number of nitrogens with one attached hydrogen (secondary N) is 1. The van der Waals surface area contributed by atoms with Gasteiger partial charge in [-0.15, -0.1) is 0 Å². The molecule has 0 aromatic heterocycles. The van der Waals surface area contributed by atoms with E-state index in [0.29, 0.717) is 28.9 Å². The van der Waals surface area contributed by atoms with Crippen LogP contribution in [0.2, 0.25) is 0 Å². The van der Waals surface area contributed by atoms with Gasteiger partial charge in [-0.2, -0.15) is 0 Å². The third-order valence-electron chi connectivity index (χ3n) is 7.13. The predicted octanol–water partition coefficient (Wildman–Crippen LogP) is 5.99. The smallest absolute Gasteiger partial charge is 0.264 e. The third-order valence-corrected chi connectivity index (χ3v) is 9.52. The number of ether oxygens (including phenoxy) is 1. The number of sulfonamides is 1. The predicted molar refractivity (Wildman–Crippen MR) is 170 cm³/mol. The van der Waals surface area contributed by atoms with Gasteiger partial charge in [-0.25, -0.2) is 8.42 Å². The first-order valence-corrected chi connectivity index (χ1v) is 16.3. The van der Waals surface area contributed by atoms with Crippen LogP contribution >= 0.6 is 15.9 Å². The summed E-state index contributed by atoms with van der Waals surface area (Å²) in [5, 5.41) is 2.95. The molecule has 0 fully saturated rings. The lowest BCUT2D eigenvalue weighted by Crippen LogP contribution is -2.52. The van der Waals surface area contributed by atoms with Gasteiger partial charge in [-0.05, 0) is 84.1 Å². The molecular formula is C32H40BrN3O5S. The van der Waals surface area contributed by atoms with Crippen molar-refractivity contribution < 1.29 is 22.7 Å². The SMILES string of the molecule is CCCCNC(=O)[C@H](CC)N(Cc1ccccc1C)C(=O)CN(c1ccc(C)cc1)S(=O)(=O)c1ccc(OC)c(Br)c1. The Kier molecular flexibility index (Phi) is 12.0. The second-order valence-electron chi connectivity index (χ2n) is 10.2. The number of amides is 2. The van der Waals surface area contributed by atoms with Crippen molar-refractivity contribution in [3.05, 3.63) is 87.9 Å². The molecule has 0 heterocycles. The highest BCUT2D eigenvalue weighted by molar-refractivity contribution is 9.10. The van der Waals surface area contributed by atoms with E-state index in [4.69, 9.17) is 4.74 Å². The van der Waals surface area contributed by atoms with E-state index in [1.165, 1.54) is 24.1 Å². The van der Waals surface area contributed by atoms with Gasteiger partial charge in [0.05, 0.1) is 22.2 Å². The van der Waals surface area contributed by atoms with Crippen LogP contribution in [0.3, 0.4) is 0 Å². The summed E-state index contributed by atoms with van der Waals surface area (Å²) in [5.41, 5.74) is 3.15. The van der Waals surface area contributed by atoms with E-state index in [-0.39, 0.29) is 17.3 Å². The Bertz CT molecular complexity index is 1480. The van der Waals surface area contributed by atoms with Crippen LogP contribution in [0.15, 0.2) is 76.1 Å². The number of nitrogens with zero attached hydrogens (tertiary/aromatic N) is 2. The van der Waals surface area contributed by atoms with E-state index < -0.39 is 28.5 Å². The van der Waals surface area contributed by atoms with Crippen LogP contribution in [0.25, 0.3) is 0 Å². The summed E-state index contributed by atoms with van der Waals surface area (Å²) in [7, 11) is -2.70. The minimum absolute atomic E-state index is 0.00152. The topological polar surface area (TPSA) is 96.0 Å². The number of carbonyl (C=O) groups excluding carboxylic acids is 2. The first-order valence-electron chi connectivity index (χ1n) is 14.1. The van der Waals surface area contributed by atoms with Crippen molar-refractivity contribution in [2.75, 3.05) is 24.5 Å². The number of carbonyl (C=O) groups is 2. The molecule has 2 amide bonds. The normalized spacial score (nSPS) is 12.0. The highest BCUT2D eigenvalue weighted by atomic mass is 79.9. The maximum absolute atomic E-state index is 14.2. The lowest BCUT2D eigenvalue weighted by molar-refractivity contribution is -0.140. The lowest BCUT2D eigenvalue weighted by Gasteiger charge is -2.33. The molecule has 0 aliphatic heterocycles. The average molecular weight is 659 g/mol. The van der Waals surface area contributed by atoms with E-state index in [1.807, 2.05) is 52.0 Å². The van der Waals surface area contributed by atoms with E-state index in [2.05, 4.69) is 21.2 Å². The molecule has 0 unspecified atom stereocenters. The quantitative estimate of drug-likeness (QED) is 0.215. The van der Waals surface area contributed by atoms with Gasteiger partial charge in [-0.3, -0.25) is 13.9 Å². The Morgan fingerprint density at radius 3 is 2.29 bits per heavy atom. The number of aryl methyl sites for hydroxylation is 2. The third kappa shape index (κ3) is 8.13. The fourth-order valence-corrected chi connectivity index (χ4v) is 6.70. The standard InChI is InChI=1S/C32H40BrN3O5S/c1-6-8-19-34-32(38)29(7-2)35(21-25-12-10-9-11-24(25)4)31(37)22-36(26-15-13-23(3)14-16-26)42(39,40)27-17-18-30(41-5)28(33)20-27/h9-18,20,29H,6-8,19,21-22H2,1-5H3,(H,34,38)/t29-/m0/s1. The average Bonchev–Trinajstić information content (AvgIpc) is 2.97. The molecule has 3 aromatic carbocycles. The molecule has 10 heteroatoms. The van der Waals surface area contributed by atoms with Crippen LogP contribution in [0.5, 0.6) is 5.75 Å². The number of benzene rings is 3. The van der Waals surface area contributed by atoms with Crippen molar-refractivity contribution in [2.45, 2.75) is 64.4 Å². The first-order chi connectivity index (χ1) is 20.0. The van der Waals surface area contributed by atoms with Crippen molar-refractivity contribution in [1.82, 2.24) is 10.2 Å². The first kappa shape index (κ1) is 33.1.